The van der Waals surface area contributed by atoms with Crippen LogP contribution < -0.4 is 10.1 Å². The van der Waals surface area contributed by atoms with E-state index in [2.05, 4.69) is 5.32 Å². The zero-order valence-electron chi connectivity index (χ0n) is 9.91. The molecule has 19 heavy (non-hydrogen) atoms. The van der Waals surface area contributed by atoms with Gasteiger partial charge in [0.1, 0.15) is 5.75 Å². The number of halogens is 3. The van der Waals surface area contributed by atoms with Gasteiger partial charge in [0.2, 0.25) is 5.91 Å². The Bertz CT molecular complexity index is 595. The van der Waals surface area contributed by atoms with Crippen LogP contribution in [0, 0.1) is 0 Å². The molecule has 0 atom stereocenters. The minimum absolute atomic E-state index is 0.0522. The van der Waals surface area contributed by atoms with Crippen molar-refractivity contribution in [2.75, 3.05) is 12.4 Å². The first-order chi connectivity index (χ1) is 8.59. The molecule has 9 heteroatoms. The molecule has 1 aromatic rings. The number of carbonyl (C=O) groups is 1. The summed E-state index contributed by atoms with van der Waals surface area (Å²) >= 11 is 0. The van der Waals surface area contributed by atoms with Crippen LogP contribution in [0.15, 0.2) is 23.1 Å². The van der Waals surface area contributed by atoms with Gasteiger partial charge in [-0.25, -0.2) is 8.42 Å². The van der Waals surface area contributed by atoms with Gasteiger partial charge < -0.3 is 10.1 Å². The number of hydrogen-bond acceptors (Lipinski definition) is 4. The van der Waals surface area contributed by atoms with Crippen molar-refractivity contribution in [3.05, 3.63) is 18.2 Å². The van der Waals surface area contributed by atoms with E-state index >= 15 is 0 Å². The molecule has 0 aliphatic heterocycles. The van der Waals surface area contributed by atoms with Crippen LogP contribution in [-0.4, -0.2) is 26.9 Å². The molecular weight excluding hydrogens is 287 g/mol. The first-order valence-electron chi connectivity index (χ1n) is 4.86. The highest BCUT2D eigenvalue weighted by Crippen LogP contribution is 2.34. The summed E-state index contributed by atoms with van der Waals surface area (Å²) in [5, 5.41) is 2.19. The second kappa shape index (κ2) is 5.08. The maximum Gasteiger partial charge on any atom is 0.501 e. The minimum Gasteiger partial charge on any atom is -0.495 e. The number of sulfone groups is 1. The highest BCUT2D eigenvalue weighted by Gasteiger charge is 2.47. The smallest absolute Gasteiger partial charge is 0.495 e. The monoisotopic (exact) mass is 297 g/mol. The number of benzene rings is 1. The number of nitrogens with one attached hydrogen (secondary N) is 1. The van der Waals surface area contributed by atoms with Crippen LogP contribution in [0.1, 0.15) is 6.92 Å². The standard InChI is InChI=1S/C10H10F3NO4S/c1-6(15)14-8-5-7(3-4-9(8)18-2)19(16,17)10(11,12)13/h3-5H,1-2H3,(H,14,15). The fourth-order valence-corrected chi connectivity index (χ4v) is 2.06. The Kier molecular flexibility index (Phi) is 4.09. The van der Waals surface area contributed by atoms with E-state index in [1.165, 1.54) is 7.11 Å². The van der Waals surface area contributed by atoms with Crippen molar-refractivity contribution in [2.24, 2.45) is 0 Å². The van der Waals surface area contributed by atoms with E-state index in [0.29, 0.717) is 6.07 Å². The molecule has 0 unspecified atom stereocenters. The number of anilines is 1. The molecule has 106 valence electrons. The van der Waals surface area contributed by atoms with Crippen LogP contribution in [0.5, 0.6) is 5.75 Å². The quantitative estimate of drug-likeness (QED) is 0.925. The Morgan fingerprint density at radius 3 is 2.32 bits per heavy atom. The molecule has 1 N–H and O–H groups in total. The highest BCUT2D eigenvalue weighted by molar-refractivity contribution is 7.92. The summed E-state index contributed by atoms with van der Waals surface area (Å²) in [5.41, 5.74) is -5.56. The molecule has 5 nitrogen and oxygen atoms in total. The average molecular weight is 297 g/mol. The van der Waals surface area contributed by atoms with Gasteiger partial charge in [0.25, 0.3) is 9.84 Å². The summed E-state index contributed by atoms with van der Waals surface area (Å²) in [6, 6.07) is 2.49. The van der Waals surface area contributed by atoms with Crippen LogP contribution in [-0.2, 0) is 14.6 Å². The first kappa shape index (κ1) is 15.3. The van der Waals surface area contributed by atoms with E-state index in [1.807, 2.05) is 0 Å². The molecule has 0 heterocycles. The predicted octanol–water partition coefficient (Wildman–Crippen LogP) is 1.95. The van der Waals surface area contributed by atoms with Crippen molar-refractivity contribution < 1.29 is 31.1 Å². The minimum atomic E-state index is -5.47. The average Bonchev–Trinajstić information content (AvgIpc) is 2.26. The molecule has 1 rings (SSSR count). The van der Waals surface area contributed by atoms with Crippen LogP contribution >= 0.6 is 0 Å². The number of methoxy groups -OCH3 is 1. The van der Waals surface area contributed by atoms with Crippen molar-refractivity contribution in [1.29, 1.82) is 0 Å². The van der Waals surface area contributed by atoms with E-state index in [9.17, 15) is 26.4 Å². The molecule has 0 aliphatic rings. The second-order valence-corrected chi connectivity index (χ2v) is 5.43. The third-order valence-electron chi connectivity index (χ3n) is 2.10. The fraction of sp³-hybridized carbons (Fsp3) is 0.300. The molecule has 0 bridgehead atoms. The molecule has 0 saturated heterocycles. The lowest BCUT2D eigenvalue weighted by Gasteiger charge is -2.12. The summed E-state index contributed by atoms with van der Waals surface area (Å²) in [7, 11) is -4.23. The van der Waals surface area contributed by atoms with Crippen molar-refractivity contribution in [2.45, 2.75) is 17.3 Å². The lowest BCUT2D eigenvalue weighted by Crippen LogP contribution is -2.23. The summed E-state index contributed by atoms with van der Waals surface area (Å²) in [5.74, 6) is -0.517. The molecule has 1 amide bonds. The number of alkyl halides is 3. The van der Waals surface area contributed by atoms with Gasteiger partial charge in [0, 0.05) is 6.92 Å². The Morgan fingerprint density at radius 1 is 1.32 bits per heavy atom. The Hall–Kier alpha value is -1.77. The first-order valence-corrected chi connectivity index (χ1v) is 6.35. The fourth-order valence-electron chi connectivity index (χ4n) is 1.28. The normalized spacial score (nSPS) is 12.1. The van der Waals surface area contributed by atoms with E-state index in [0.717, 1.165) is 19.1 Å². The van der Waals surface area contributed by atoms with Crippen LogP contribution in [0.2, 0.25) is 0 Å². The SMILES string of the molecule is COc1ccc(S(=O)(=O)C(F)(F)F)cc1NC(C)=O. The second-order valence-electron chi connectivity index (χ2n) is 3.49. The van der Waals surface area contributed by atoms with Crippen LogP contribution in [0.3, 0.4) is 0 Å². The summed E-state index contributed by atoms with van der Waals surface area (Å²) in [4.78, 5) is 9.93. The van der Waals surface area contributed by atoms with Gasteiger partial charge in [-0.1, -0.05) is 0 Å². The topological polar surface area (TPSA) is 72.5 Å². The third-order valence-corrected chi connectivity index (χ3v) is 3.58. The largest absolute Gasteiger partial charge is 0.501 e. The Morgan fingerprint density at radius 2 is 1.89 bits per heavy atom. The number of rotatable bonds is 3. The molecule has 0 spiro atoms. The molecule has 0 aromatic heterocycles. The highest BCUT2D eigenvalue weighted by atomic mass is 32.2. The van der Waals surface area contributed by atoms with Crippen molar-refractivity contribution in [3.8, 4) is 5.75 Å². The van der Waals surface area contributed by atoms with E-state index in [4.69, 9.17) is 4.74 Å². The predicted molar refractivity (Wildman–Crippen MR) is 60.5 cm³/mol. The van der Waals surface area contributed by atoms with Gasteiger partial charge in [0.15, 0.2) is 0 Å². The summed E-state index contributed by atoms with van der Waals surface area (Å²) in [6.45, 7) is 1.13. The van der Waals surface area contributed by atoms with E-state index in [1.54, 1.807) is 0 Å². The van der Waals surface area contributed by atoms with Gasteiger partial charge >= 0.3 is 5.51 Å². The van der Waals surface area contributed by atoms with Crippen molar-refractivity contribution in [1.82, 2.24) is 0 Å². The number of hydrogen-bond donors (Lipinski definition) is 1. The Labute approximate surface area is 107 Å². The number of carbonyl (C=O) groups excluding carboxylic acids is 1. The maximum atomic E-state index is 12.4. The number of ether oxygens (including phenoxy) is 1. The third kappa shape index (κ3) is 3.16. The Balaban J connectivity index is 3.38. The zero-order valence-corrected chi connectivity index (χ0v) is 10.7. The molecule has 0 fully saturated rings. The molecule has 0 aliphatic carbocycles. The van der Waals surface area contributed by atoms with E-state index in [-0.39, 0.29) is 11.4 Å². The van der Waals surface area contributed by atoms with Crippen LogP contribution in [0.25, 0.3) is 0 Å². The lowest BCUT2D eigenvalue weighted by molar-refractivity contribution is -0.114. The van der Waals surface area contributed by atoms with Crippen molar-refractivity contribution >= 4 is 21.4 Å². The molecular formula is C10H10F3NO4S. The lowest BCUT2D eigenvalue weighted by atomic mass is 10.3. The maximum absolute atomic E-state index is 12.4. The zero-order chi connectivity index (χ0) is 14.8. The van der Waals surface area contributed by atoms with Gasteiger partial charge in [0.05, 0.1) is 17.7 Å². The molecule has 0 radical (unpaired) electrons. The van der Waals surface area contributed by atoms with Crippen LogP contribution in [0.4, 0.5) is 18.9 Å². The van der Waals surface area contributed by atoms with Gasteiger partial charge in [-0.15, -0.1) is 0 Å². The van der Waals surface area contributed by atoms with Gasteiger partial charge in [-0.3, -0.25) is 4.79 Å². The summed E-state index contributed by atoms with van der Waals surface area (Å²) in [6.07, 6.45) is 0. The van der Waals surface area contributed by atoms with Crippen molar-refractivity contribution in [3.63, 3.8) is 0 Å². The molecule has 0 saturated carbocycles. The van der Waals surface area contributed by atoms with E-state index < -0.39 is 26.1 Å². The van der Waals surface area contributed by atoms with Gasteiger partial charge in [-0.2, -0.15) is 13.2 Å². The van der Waals surface area contributed by atoms with Gasteiger partial charge in [-0.05, 0) is 18.2 Å². The summed E-state index contributed by atoms with van der Waals surface area (Å²) < 4.78 is 64.4. The molecule has 1 aromatic carbocycles. The number of amides is 1.